The molecule has 0 spiro atoms. The van der Waals surface area contributed by atoms with Crippen molar-refractivity contribution in [3.8, 4) is 11.5 Å². The van der Waals surface area contributed by atoms with Crippen molar-refractivity contribution in [1.29, 1.82) is 0 Å². The molecule has 6 nitrogen and oxygen atoms in total. The molecule has 1 heterocycles. The lowest BCUT2D eigenvalue weighted by molar-refractivity contribution is -0.143. The van der Waals surface area contributed by atoms with Crippen LogP contribution < -0.4 is 14.8 Å². The molecule has 0 amide bonds. The van der Waals surface area contributed by atoms with E-state index in [1.165, 1.54) is 7.11 Å². The molecule has 0 radical (unpaired) electrons. The highest BCUT2D eigenvalue weighted by atomic mass is 16.5. The lowest BCUT2D eigenvalue weighted by Gasteiger charge is -2.18. The molecule has 1 atom stereocenters. The van der Waals surface area contributed by atoms with Gasteiger partial charge in [0.05, 0.1) is 26.9 Å². The van der Waals surface area contributed by atoms with Crippen LogP contribution in [0.3, 0.4) is 0 Å². The second kappa shape index (κ2) is 7.85. The molecular weight excluding hydrogens is 274 g/mol. The van der Waals surface area contributed by atoms with Crippen molar-refractivity contribution in [2.75, 3.05) is 40.6 Å². The summed E-state index contributed by atoms with van der Waals surface area (Å²) in [6.45, 7) is 2.30. The van der Waals surface area contributed by atoms with Gasteiger partial charge in [0.15, 0.2) is 11.5 Å². The Morgan fingerprint density at radius 3 is 2.76 bits per heavy atom. The van der Waals surface area contributed by atoms with E-state index < -0.39 is 6.04 Å². The molecule has 0 saturated carbocycles. The van der Waals surface area contributed by atoms with E-state index in [9.17, 15) is 4.79 Å². The highest BCUT2D eigenvalue weighted by molar-refractivity contribution is 5.78. The molecule has 21 heavy (non-hydrogen) atoms. The summed E-state index contributed by atoms with van der Waals surface area (Å²) in [6.07, 6.45) is 0.844. The zero-order chi connectivity index (χ0) is 15.1. The van der Waals surface area contributed by atoms with Crippen LogP contribution in [-0.4, -0.2) is 46.6 Å². The number of ether oxygens (including phenoxy) is 4. The third-order valence-corrected chi connectivity index (χ3v) is 3.20. The maximum atomic E-state index is 11.9. The van der Waals surface area contributed by atoms with Crippen LogP contribution >= 0.6 is 0 Å². The molecule has 1 N–H and O–H groups in total. The zero-order valence-corrected chi connectivity index (χ0v) is 12.4. The zero-order valence-electron chi connectivity index (χ0n) is 12.4. The van der Waals surface area contributed by atoms with Gasteiger partial charge < -0.3 is 18.9 Å². The minimum absolute atomic E-state index is 0.347. The van der Waals surface area contributed by atoms with Crippen LogP contribution in [0.15, 0.2) is 18.2 Å². The second-order valence-electron chi connectivity index (χ2n) is 4.66. The predicted molar refractivity (Wildman–Crippen MR) is 76.7 cm³/mol. The first-order chi connectivity index (χ1) is 10.3. The largest absolute Gasteiger partial charge is 0.490 e. The summed E-state index contributed by atoms with van der Waals surface area (Å²) in [6, 6.07) is 4.93. The van der Waals surface area contributed by atoms with Crippen molar-refractivity contribution >= 4 is 5.97 Å². The van der Waals surface area contributed by atoms with Gasteiger partial charge in [-0.25, -0.2) is 4.79 Å². The molecule has 0 aromatic heterocycles. The van der Waals surface area contributed by atoms with Crippen LogP contribution in [0.1, 0.15) is 18.0 Å². The van der Waals surface area contributed by atoms with Crippen molar-refractivity contribution in [3.05, 3.63) is 23.8 Å². The maximum Gasteiger partial charge on any atom is 0.327 e. The summed E-state index contributed by atoms with van der Waals surface area (Å²) in [4.78, 5) is 11.9. The molecule has 1 aromatic carbocycles. The van der Waals surface area contributed by atoms with Crippen molar-refractivity contribution < 1.29 is 23.7 Å². The number of carbonyl (C=O) groups excluding carboxylic acids is 1. The second-order valence-corrected chi connectivity index (χ2v) is 4.66. The molecule has 1 unspecified atom stereocenters. The van der Waals surface area contributed by atoms with Gasteiger partial charge in [-0.05, 0) is 17.7 Å². The summed E-state index contributed by atoms with van der Waals surface area (Å²) in [7, 11) is 2.98. The minimum atomic E-state index is -0.553. The van der Waals surface area contributed by atoms with E-state index in [1.807, 2.05) is 18.2 Å². The van der Waals surface area contributed by atoms with Crippen molar-refractivity contribution in [2.24, 2.45) is 0 Å². The van der Waals surface area contributed by atoms with Crippen LogP contribution in [0.2, 0.25) is 0 Å². The fourth-order valence-electron chi connectivity index (χ4n) is 2.12. The Morgan fingerprint density at radius 1 is 1.29 bits per heavy atom. The van der Waals surface area contributed by atoms with Crippen LogP contribution in [-0.2, 0) is 14.3 Å². The Labute approximate surface area is 124 Å². The number of esters is 1. The predicted octanol–water partition coefficient (Wildman–Crippen LogP) is 1.30. The van der Waals surface area contributed by atoms with Crippen LogP contribution in [0.4, 0.5) is 0 Å². The van der Waals surface area contributed by atoms with E-state index in [0.717, 1.165) is 12.0 Å². The number of hydrogen-bond donors (Lipinski definition) is 1. The molecule has 1 aromatic rings. The minimum Gasteiger partial charge on any atom is -0.490 e. The SMILES string of the molecule is COCCNC(C(=O)OC)c1ccc2c(c1)OCCCO2. The monoisotopic (exact) mass is 295 g/mol. The molecule has 1 aliphatic rings. The number of carbonyl (C=O) groups is 1. The van der Waals surface area contributed by atoms with Crippen molar-refractivity contribution in [3.63, 3.8) is 0 Å². The summed E-state index contributed by atoms with van der Waals surface area (Å²) in [5.74, 6) is 1.02. The standard InChI is InChI=1S/C15H21NO5/c1-18-9-6-16-14(15(17)19-2)11-4-5-12-13(10-11)21-8-3-7-20-12/h4-5,10,14,16H,3,6-9H2,1-2H3. The number of rotatable bonds is 6. The average molecular weight is 295 g/mol. The van der Waals surface area contributed by atoms with Gasteiger partial charge in [-0.1, -0.05) is 6.07 Å². The summed E-state index contributed by atoms with van der Waals surface area (Å²) >= 11 is 0. The van der Waals surface area contributed by atoms with Gasteiger partial charge in [0.2, 0.25) is 0 Å². The van der Waals surface area contributed by atoms with E-state index in [-0.39, 0.29) is 5.97 Å². The lowest BCUT2D eigenvalue weighted by Crippen LogP contribution is -2.32. The van der Waals surface area contributed by atoms with Crippen molar-refractivity contribution in [2.45, 2.75) is 12.5 Å². The normalized spacial score (nSPS) is 15.1. The quantitative estimate of drug-likeness (QED) is 0.630. The number of nitrogens with one attached hydrogen (secondary N) is 1. The Kier molecular flexibility index (Phi) is 5.83. The lowest BCUT2D eigenvalue weighted by atomic mass is 10.1. The van der Waals surface area contributed by atoms with Gasteiger partial charge in [-0.15, -0.1) is 0 Å². The van der Waals surface area contributed by atoms with Crippen LogP contribution in [0.5, 0.6) is 11.5 Å². The topological polar surface area (TPSA) is 66.0 Å². The fourth-order valence-corrected chi connectivity index (χ4v) is 2.12. The van der Waals surface area contributed by atoms with E-state index in [2.05, 4.69) is 5.32 Å². The van der Waals surface area contributed by atoms with E-state index in [4.69, 9.17) is 18.9 Å². The Hall–Kier alpha value is -1.79. The highest BCUT2D eigenvalue weighted by Crippen LogP contribution is 2.32. The average Bonchev–Trinajstić information content (AvgIpc) is 2.75. The first kappa shape index (κ1) is 15.6. The molecule has 0 aliphatic carbocycles. The third kappa shape index (κ3) is 4.09. The molecule has 0 saturated heterocycles. The summed E-state index contributed by atoms with van der Waals surface area (Å²) in [5.41, 5.74) is 0.780. The molecule has 6 heteroatoms. The number of fused-ring (bicyclic) bond motifs is 1. The van der Waals surface area contributed by atoms with Gasteiger partial charge >= 0.3 is 5.97 Å². The van der Waals surface area contributed by atoms with Crippen molar-refractivity contribution in [1.82, 2.24) is 5.32 Å². The van der Waals surface area contributed by atoms with Crippen LogP contribution in [0.25, 0.3) is 0 Å². The Bertz CT molecular complexity index is 477. The molecule has 0 bridgehead atoms. The first-order valence-corrected chi connectivity index (χ1v) is 6.96. The van der Waals surface area contributed by atoms with E-state index in [0.29, 0.717) is 37.9 Å². The van der Waals surface area contributed by atoms with Gasteiger partial charge in [0.25, 0.3) is 0 Å². The van der Waals surface area contributed by atoms with Gasteiger partial charge in [-0.2, -0.15) is 0 Å². The summed E-state index contributed by atoms with van der Waals surface area (Å²) < 4.78 is 21.1. The van der Waals surface area contributed by atoms with Crippen LogP contribution in [0, 0.1) is 0 Å². The highest BCUT2D eigenvalue weighted by Gasteiger charge is 2.22. The third-order valence-electron chi connectivity index (χ3n) is 3.20. The Morgan fingerprint density at radius 2 is 2.05 bits per heavy atom. The number of methoxy groups -OCH3 is 2. The first-order valence-electron chi connectivity index (χ1n) is 6.96. The van der Waals surface area contributed by atoms with Gasteiger partial charge in [0.1, 0.15) is 6.04 Å². The molecule has 116 valence electrons. The van der Waals surface area contributed by atoms with Gasteiger partial charge in [-0.3, -0.25) is 5.32 Å². The summed E-state index contributed by atoms with van der Waals surface area (Å²) in [5, 5.41) is 3.11. The molecule has 0 fully saturated rings. The molecule has 2 rings (SSSR count). The fraction of sp³-hybridized carbons (Fsp3) is 0.533. The van der Waals surface area contributed by atoms with E-state index in [1.54, 1.807) is 7.11 Å². The maximum absolute atomic E-state index is 11.9. The Balaban J connectivity index is 2.18. The molecular formula is C15H21NO5. The van der Waals surface area contributed by atoms with E-state index >= 15 is 0 Å². The smallest absolute Gasteiger partial charge is 0.327 e. The molecule has 1 aliphatic heterocycles. The number of benzene rings is 1. The van der Waals surface area contributed by atoms with Gasteiger partial charge in [0, 0.05) is 20.1 Å². The number of hydrogen-bond acceptors (Lipinski definition) is 6.